The first kappa shape index (κ1) is 19.7. The third-order valence-electron chi connectivity index (χ3n) is 3.38. The van der Waals surface area contributed by atoms with E-state index in [0.29, 0.717) is 5.69 Å². The van der Waals surface area contributed by atoms with Crippen molar-refractivity contribution in [2.24, 2.45) is 5.11 Å². The standard InChI is InChI=1S/C17H18ClF2N5O/c1-10(2)15-5-6-22-17(24-15)26-9-12(25-21)8-23-11-3-4-14(18)13(7-11)16(19)20/h3-8,10,16,21,23H,9H2,1-2H3/b12-8-,25-21?. The average Bonchev–Trinajstić information content (AvgIpc) is 2.63. The molecule has 0 amide bonds. The number of benzene rings is 1. The Balaban J connectivity index is 2.03. The van der Waals surface area contributed by atoms with Crippen molar-refractivity contribution in [1.82, 2.24) is 9.97 Å². The van der Waals surface area contributed by atoms with Crippen LogP contribution in [0.15, 0.2) is 47.5 Å². The summed E-state index contributed by atoms with van der Waals surface area (Å²) in [6, 6.07) is 6.13. The molecule has 0 aliphatic heterocycles. The Morgan fingerprint density at radius 2 is 2.15 bits per heavy atom. The van der Waals surface area contributed by atoms with Gasteiger partial charge >= 0.3 is 6.01 Å². The Labute approximate surface area is 154 Å². The smallest absolute Gasteiger partial charge is 0.316 e. The molecule has 1 aromatic carbocycles. The van der Waals surface area contributed by atoms with Crippen molar-refractivity contribution in [2.75, 3.05) is 11.9 Å². The summed E-state index contributed by atoms with van der Waals surface area (Å²) in [6.45, 7) is 3.95. The molecule has 2 aromatic rings. The van der Waals surface area contributed by atoms with Crippen molar-refractivity contribution in [3.8, 4) is 6.01 Å². The number of anilines is 1. The van der Waals surface area contributed by atoms with E-state index >= 15 is 0 Å². The van der Waals surface area contributed by atoms with Crippen molar-refractivity contribution < 1.29 is 13.5 Å². The number of hydrogen-bond donors (Lipinski definition) is 2. The number of aromatic nitrogens is 2. The molecular weight excluding hydrogens is 364 g/mol. The molecule has 1 aromatic heterocycles. The molecule has 2 N–H and O–H groups in total. The van der Waals surface area contributed by atoms with E-state index in [0.717, 1.165) is 5.69 Å². The van der Waals surface area contributed by atoms with Gasteiger partial charge in [0.25, 0.3) is 6.43 Å². The SMILES string of the molecule is CC(C)c1ccnc(OC/C(=C/Nc2ccc(Cl)c(C(F)F)c2)N=N)n1. The summed E-state index contributed by atoms with van der Waals surface area (Å²) in [4.78, 5) is 8.26. The quantitative estimate of drug-likeness (QED) is 0.587. The molecule has 2 rings (SSSR count). The zero-order chi connectivity index (χ0) is 19.1. The van der Waals surface area contributed by atoms with Gasteiger partial charge < -0.3 is 10.1 Å². The Bertz CT molecular complexity index is 798. The number of nitrogens with zero attached hydrogens (tertiary/aromatic N) is 3. The highest BCUT2D eigenvalue weighted by molar-refractivity contribution is 6.31. The van der Waals surface area contributed by atoms with Crippen LogP contribution in [0, 0.1) is 5.53 Å². The fourth-order valence-electron chi connectivity index (χ4n) is 1.96. The summed E-state index contributed by atoms with van der Waals surface area (Å²) in [6.07, 6.45) is 0.302. The van der Waals surface area contributed by atoms with Crippen LogP contribution in [0.5, 0.6) is 6.01 Å². The highest BCUT2D eigenvalue weighted by Crippen LogP contribution is 2.29. The summed E-state index contributed by atoms with van der Waals surface area (Å²) in [5.41, 5.74) is 8.39. The summed E-state index contributed by atoms with van der Waals surface area (Å²) in [5.74, 6) is 0.229. The second-order valence-electron chi connectivity index (χ2n) is 5.64. The Morgan fingerprint density at radius 3 is 2.81 bits per heavy atom. The lowest BCUT2D eigenvalue weighted by Crippen LogP contribution is -2.06. The summed E-state index contributed by atoms with van der Waals surface area (Å²) >= 11 is 5.73. The van der Waals surface area contributed by atoms with Crippen LogP contribution in [-0.4, -0.2) is 16.6 Å². The number of halogens is 3. The molecule has 0 aliphatic rings. The van der Waals surface area contributed by atoms with E-state index in [-0.39, 0.29) is 34.8 Å². The molecule has 0 bridgehead atoms. The Kier molecular flexibility index (Phi) is 6.97. The first-order chi connectivity index (χ1) is 12.4. The number of alkyl halides is 2. The molecule has 0 fully saturated rings. The fraction of sp³-hybridized carbons (Fsp3) is 0.294. The molecule has 0 unspecified atom stereocenters. The van der Waals surface area contributed by atoms with Gasteiger partial charge in [0.15, 0.2) is 0 Å². The second-order valence-corrected chi connectivity index (χ2v) is 6.04. The van der Waals surface area contributed by atoms with Gasteiger partial charge in [-0.15, -0.1) is 0 Å². The van der Waals surface area contributed by atoms with Crippen molar-refractivity contribution in [3.63, 3.8) is 0 Å². The van der Waals surface area contributed by atoms with Crippen LogP contribution < -0.4 is 10.1 Å². The minimum absolute atomic E-state index is 0.00884. The van der Waals surface area contributed by atoms with Gasteiger partial charge in [0.2, 0.25) is 0 Å². The highest BCUT2D eigenvalue weighted by atomic mass is 35.5. The van der Waals surface area contributed by atoms with Crippen LogP contribution in [0.4, 0.5) is 14.5 Å². The third kappa shape index (κ3) is 5.45. The van der Waals surface area contributed by atoms with Gasteiger partial charge in [0, 0.05) is 28.7 Å². The molecule has 1 heterocycles. The van der Waals surface area contributed by atoms with E-state index < -0.39 is 6.43 Å². The predicted octanol–water partition coefficient (Wildman–Crippen LogP) is 5.55. The maximum absolute atomic E-state index is 12.9. The fourth-order valence-corrected chi connectivity index (χ4v) is 2.16. The number of ether oxygens (including phenoxy) is 1. The molecule has 0 radical (unpaired) electrons. The Morgan fingerprint density at radius 1 is 1.38 bits per heavy atom. The van der Waals surface area contributed by atoms with Crippen LogP contribution in [0.3, 0.4) is 0 Å². The maximum atomic E-state index is 12.9. The van der Waals surface area contributed by atoms with Gasteiger partial charge in [-0.2, -0.15) is 10.1 Å². The zero-order valence-electron chi connectivity index (χ0n) is 14.2. The minimum Gasteiger partial charge on any atom is -0.457 e. The van der Waals surface area contributed by atoms with E-state index in [2.05, 4.69) is 20.4 Å². The van der Waals surface area contributed by atoms with E-state index in [9.17, 15) is 8.78 Å². The molecule has 6 nitrogen and oxygen atoms in total. The number of rotatable bonds is 8. The Hall–Kier alpha value is -2.61. The van der Waals surface area contributed by atoms with Crippen molar-refractivity contribution in [3.05, 3.63) is 58.6 Å². The lowest BCUT2D eigenvalue weighted by molar-refractivity contribution is 0.151. The molecule has 0 saturated heterocycles. The van der Waals surface area contributed by atoms with Crippen LogP contribution in [0.25, 0.3) is 0 Å². The van der Waals surface area contributed by atoms with Crippen molar-refractivity contribution in [1.29, 1.82) is 5.53 Å². The van der Waals surface area contributed by atoms with E-state index in [1.165, 1.54) is 18.3 Å². The van der Waals surface area contributed by atoms with Crippen LogP contribution in [0.2, 0.25) is 5.02 Å². The van der Waals surface area contributed by atoms with Gasteiger partial charge in [0.1, 0.15) is 12.3 Å². The summed E-state index contributed by atoms with van der Waals surface area (Å²) < 4.78 is 31.2. The maximum Gasteiger partial charge on any atom is 0.316 e. The zero-order valence-corrected chi connectivity index (χ0v) is 15.0. The van der Waals surface area contributed by atoms with Crippen LogP contribution in [0.1, 0.15) is 37.4 Å². The van der Waals surface area contributed by atoms with Crippen molar-refractivity contribution in [2.45, 2.75) is 26.2 Å². The monoisotopic (exact) mass is 381 g/mol. The molecule has 138 valence electrons. The van der Waals surface area contributed by atoms with Crippen LogP contribution >= 0.6 is 11.6 Å². The average molecular weight is 382 g/mol. The molecular formula is C17H18ClF2N5O. The van der Waals surface area contributed by atoms with Gasteiger partial charge in [-0.1, -0.05) is 25.4 Å². The minimum atomic E-state index is -2.68. The first-order valence-corrected chi connectivity index (χ1v) is 8.15. The predicted molar refractivity (Wildman–Crippen MR) is 94.9 cm³/mol. The molecule has 0 saturated carbocycles. The molecule has 0 atom stereocenters. The number of nitrogens with one attached hydrogen (secondary N) is 2. The summed E-state index contributed by atoms with van der Waals surface area (Å²) in [5, 5.41) is 6.13. The molecule has 0 aliphatic carbocycles. The summed E-state index contributed by atoms with van der Waals surface area (Å²) in [7, 11) is 0. The second kappa shape index (κ2) is 9.19. The molecule has 0 spiro atoms. The molecule has 26 heavy (non-hydrogen) atoms. The van der Waals surface area contributed by atoms with Gasteiger partial charge in [-0.25, -0.2) is 19.3 Å². The lowest BCUT2D eigenvalue weighted by Gasteiger charge is -2.09. The van der Waals surface area contributed by atoms with E-state index in [1.54, 1.807) is 18.3 Å². The lowest BCUT2D eigenvalue weighted by atomic mass is 10.1. The van der Waals surface area contributed by atoms with Gasteiger partial charge in [-0.05, 0) is 30.2 Å². The highest BCUT2D eigenvalue weighted by Gasteiger charge is 2.12. The van der Waals surface area contributed by atoms with E-state index in [1.807, 2.05) is 13.8 Å². The van der Waals surface area contributed by atoms with Crippen molar-refractivity contribution >= 4 is 17.3 Å². The topological polar surface area (TPSA) is 83.2 Å². The number of hydrogen-bond acceptors (Lipinski definition) is 6. The third-order valence-corrected chi connectivity index (χ3v) is 3.72. The van der Waals surface area contributed by atoms with Gasteiger partial charge in [0.05, 0.1) is 5.69 Å². The normalized spacial score (nSPS) is 11.7. The first-order valence-electron chi connectivity index (χ1n) is 7.77. The van der Waals surface area contributed by atoms with Crippen LogP contribution in [-0.2, 0) is 0 Å². The molecule has 9 heteroatoms. The van der Waals surface area contributed by atoms with E-state index in [4.69, 9.17) is 21.9 Å². The largest absolute Gasteiger partial charge is 0.457 e. The van der Waals surface area contributed by atoms with Gasteiger partial charge in [-0.3, -0.25) is 0 Å².